The maximum Gasteiger partial charge on any atom is 0.264 e. The van der Waals surface area contributed by atoms with Crippen molar-refractivity contribution < 1.29 is 18.0 Å². The van der Waals surface area contributed by atoms with Crippen molar-refractivity contribution in [2.24, 2.45) is 5.92 Å². The largest absolute Gasteiger partial charge is 0.354 e. The lowest BCUT2D eigenvalue weighted by molar-refractivity contribution is -0.139. The van der Waals surface area contributed by atoms with Crippen LogP contribution in [0.4, 0.5) is 5.69 Å². The highest BCUT2D eigenvalue weighted by Crippen LogP contribution is 2.29. The van der Waals surface area contributed by atoms with E-state index < -0.39 is 28.5 Å². The third kappa shape index (κ3) is 8.06. The molecule has 0 bridgehead atoms. The Morgan fingerprint density at radius 3 is 2.21 bits per heavy atom. The fourth-order valence-electron chi connectivity index (χ4n) is 3.95. The number of carbonyl (C=O) groups is 2. The van der Waals surface area contributed by atoms with Gasteiger partial charge < -0.3 is 10.2 Å². The molecule has 3 aromatic rings. The molecule has 2 amide bonds. The molecule has 0 fully saturated rings. The minimum absolute atomic E-state index is 0.0503. The molecule has 1 N–H and O–H groups in total. The summed E-state index contributed by atoms with van der Waals surface area (Å²) in [5.41, 5.74) is 1.73. The molecule has 0 aromatic heterocycles. The van der Waals surface area contributed by atoms with E-state index in [0.717, 1.165) is 14.3 Å². The van der Waals surface area contributed by atoms with Gasteiger partial charge in [0.2, 0.25) is 11.8 Å². The van der Waals surface area contributed by atoms with Crippen molar-refractivity contribution >= 4 is 55.1 Å². The molecule has 0 saturated carbocycles. The average molecular weight is 635 g/mol. The van der Waals surface area contributed by atoms with E-state index in [9.17, 15) is 18.0 Å². The maximum absolute atomic E-state index is 13.9. The quantitative estimate of drug-likeness (QED) is 0.289. The van der Waals surface area contributed by atoms with Crippen molar-refractivity contribution in [3.8, 4) is 0 Å². The van der Waals surface area contributed by atoms with Crippen molar-refractivity contribution in [3.05, 3.63) is 93.4 Å². The molecule has 7 nitrogen and oxygen atoms in total. The van der Waals surface area contributed by atoms with E-state index in [0.29, 0.717) is 22.8 Å². The number of hydrogen-bond acceptors (Lipinski definition) is 4. The SMILES string of the molecule is Cc1cc(Cl)ccc1N(CC(=O)N(Cc1ccc(Br)cc1)[C@H](C)C(=O)NCC(C)C)S(=O)(=O)c1ccccc1. The van der Waals surface area contributed by atoms with E-state index >= 15 is 0 Å². The van der Waals surface area contributed by atoms with Gasteiger partial charge in [-0.25, -0.2) is 8.42 Å². The third-order valence-electron chi connectivity index (χ3n) is 6.16. The number of hydrogen-bond donors (Lipinski definition) is 1. The molecule has 0 saturated heterocycles. The van der Waals surface area contributed by atoms with Crippen LogP contribution in [0.25, 0.3) is 0 Å². The lowest BCUT2D eigenvalue weighted by atomic mass is 10.1. The number of carbonyl (C=O) groups excluding carboxylic acids is 2. The number of anilines is 1. The first-order valence-corrected chi connectivity index (χ1v) is 15.2. The number of rotatable bonds is 11. The molecule has 3 aromatic carbocycles. The zero-order valence-corrected chi connectivity index (χ0v) is 25.6. The monoisotopic (exact) mass is 633 g/mol. The Labute approximate surface area is 244 Å². The molecule has 0 heterocycles. The first kappa shape index (κ1) is 30.7. The van der Waals surface area contributed by atoms with Crippen molar-refractivity contribution in [1.29, 1.82) is 0 Å². The molecular weight excluding hydrogens is 602 g/mol. The van der Waals surface area contributed by atoms with Gasteiger partial charge in [-0.2, -0.15) is 0 Å². The van der Waals surface area contributed by atoms with Gasteiger partial charge in [-0.1, -0.05) is 71.7 Å². The summed E-state index contributed by atoms with van der Waals surface area (Å²) in [5.74, 6) is -0.593. The zero-order valence-electron chi connectivity index (χ0n) is 22.4. The van der Waals surface area contributed by atoms with Crippen LogP contribution >= 0.6 is 27.5 Å². The van der Waals surface area contributed by atoms with Gasteiger partial charge in [0.05, 0.1) is 10.6 Å². The molecule has 10 heteroatoms. The Balaban J connectivity index is 2.03. The van der Waals surface area contributed by atoms with Gasteiger partial charge in [0.1, 0.15) is 12.6 Å². The van der Waals surface area contributed by atoms with Crippen LogP contribution in [0.2, 0.25) is 5.02 Å². The fraction of sp³-hybridized carbons (Fsp3) is 0.310. The van der Waals surface area contributed by atoms with E-state index in [1.54, 1.807) is 50.2 Å². The summed E-state index contributed by atoms with van der Waals surface area (Å²) in [6, 6.07) is 19.3. The first-order valence-electron chi connectivity index (χ1n) is 12.6. The molecular formula is C29H33BrClN3O4S. The minimum atomic E-state index is -4.13. The molecule has 208 valence electrons. The summed E-state index contributed by atoms with van der Waals surface area (Å²) in [7, 11) is -4.13. The normalized spacial score (nSPS) is 12.2. The van der Waals surface area contributed by atoms with E-state index in [2.05, 4.69) is 21.2 Å². The smallest absolute Gasteiger partial charge is 0.264 e. The first-order chi connectivity index (χ1) is 18.4. The van der Waals surface area contributed by atoms with Crippen LogP contribution in [0.3, 0.4) is 0 Å². The van der Waals surface area contributed by atoms with Gasteiger partial charge in [-0.05, 0) is 73.4 Å². The Hall–Kier alpha value is -2.88. The van der Waals surface area contributed by atoms with E-state index in [-0.39, 0.29) is 23.3 Å². The molecule has 3 rings (SSSR count). The third-order valence-corrected chi connectivity index (χ3v) is 8.69. The highest BCUT2D eigenvalue weighted by molar-refractivity contribution is 9.10. The summed E-state index contributed by atoms with van der Waals surface area (Å²) < 4.78 is 29.7. The summed E-state index contributed by atoms with van der Waals surface area (Å²) >= 11 is 9.56. The summed E-state index contributed by atoms with van der Waals surface area (Å²) in [6.07, 6.45) is 0. The van der Waals surface area contributed by atoms with Crippen molar-refractivity contribution in [1.82, 2.24) is 10.2 Å². The van der Waals surface area contributed by atoms with Gasteiger partial charge in [0, 0.05) is 22.6 Å². The minimum Gasteiger partial charge on any atom is -0.354 e. The van der Waals surface area contributed by atoms with Crippen LogP contribution in [-0.4, -0.2) is 44.3 Å². The van der Waals surface area contributed by atoms with E-state index in [1.165, 1.54) is 17.0 Å². The molecule has 1 atom stereocenters. The Morgan fingerprint density at radius 2 is 1.62 bits per heavy atom. The number of nitrogens with one attached hydrogen (secondary N) is 1. The lowest BCUT2D eigenvalue weighted by Gasteiger charge is -2.32. The molecule has 0 spiro atoms. The van der Waals surface area contributed by atoms with Gasteiger partial charge >= 0.3 is 0 Å². The number of nitrogens with zero attached hydrogens (tertiary/aromatic N) is 2. The summed E-state index contributed by atoms with van der Waals surface area (Å²) in [6.45, 7) is 7.44. The van der Waals surface area contributed by atoms with E-state index in [1.807, 2.05) is 38.1 Å². The van der Waals surface area contributed by atoms with Gasteiger partial charge in [-0.15, -0.1) is 0 Å². The highest BCUT2D eigenvalue weighted by Gasteiger charge is 2.33. The number of benzene rings is 3. The Morgan fingerprint density at radius 1 is 0.974 bits per heavy atom. The summed E-state index contributed by atoms with van der Waals surface area (Å²) in [5, 5.41) is 3.33. The van der Waals surface area contributed by atoms with Crippen LogP contribution in [0.15, 0.2) is 82.2 Å². The zero-order chi connectivity index (χ0) is 28.7. The Kier molecular flexibility index (Phi) is 10.6. The van der Waals surface area contributed by atoms with Crippen molar-refractivity contribution in [2.45, 2.75) is 45.2 Å². The van der Waals surface area contributed by atoms with Crippen LogP contribution in [0.5, 0.6) is 0 Å². The van der Waals surface area contributed by atoms with Crippen LogP contribution in [0.1, 0.15) is 31.9 Å². The molecule has 0 aliphatic carbocycles. The standard InChI is InChI=1S/C29H33BrClN3O4S/c1-20(2)17-32-29(36)22(4)33(18-23-10-12-24(30)13-11-23)28(35)19-34(27-15-14-25(31)16-21(27)3)39(37,38)26-8-6-5-7-9-26/h5-16,20,22H,17-19H2,1-4H3,(H,32,36)/t22-/m1/s1. The van der Waals surface area contributed by atoms with Crippen LogP contribution in [-0.2, 0) is 26.2 Å². The predicted octanol–water partition coefficient (Wildman–Crippen LogP) is 5.80. The second-order valence-electron chi connectivity index (χ2n) is 9.72. The van der Waals surface area contributed by atoms with Gasteiger partial charge in [-0.3, -0.25) is 13.9 Å². The van der Waals surface area contributed by atoms with Crippen LogP contribution < -0.4 is 9.62 Å². The number of amides is 2. The average Bonchev–Trinajstić information content (AvgIpc) is 2.90. The highest BCUT2D eigenvalue weighted by atomic mass is 79.9. The number of halogens is 2. The number of sulfonamides is 1. The molecule has 0 aliphatic heterocycles. The fourth-order valence-corrected chi connectivity index (χ4v) is 5.94. The Bertz CT molecular complexity index is 1400. The molecule has 0 aliphatic rings. The molecule has 39 heavy (non-hydrogen) atoms. The van der Waals surface area contributed by atoms with Crippen LogP contribution in [0, 0.1) is 12.8 Å². The second-order valence-corrected chi connectivity index (χ2v) is 12.9. The number of aryl methyl sites for hydroxylation is 1. The molecule has 0 unspecified atom stereocenters. The van der Waals surface area contributed by atoms with Crippen molar-refractivity contribution in [2.75, 3.05) is 17.4 Å². The maximum atomic E-state index is 13.9. The van der Waals surface area contributed by atoms with Gasteiger partial charge in [0.15, 0.2) is 0 Å². The molecule has 0 radical (unpaired) electrons. The van der Waals surface area contributed by atoms with Gasteiger partial charge in [0.25, 0.3) is 10.0 Å². The summed E-state index contributed by atoms with van der Waals surface area (Å²) in [4.78, 5) is 28.5. The van der Waals surface area contributed by atoms with E-state index in [4.69, 9.17) is 11.6 Å². The van der Waals surface area contributed by atoms with Crippen molar-refractivity contribution in [3.63, 3.8) is 0 Å². The topological polar surface area (TPSA) is 86.8 Å². The predicted molar refractivity (Wildman–Crippen MR) is 159 cm³/mol. The lowest BCUT2D eigenvalue weighted by Crippen LogP contribution is -2.51. The second kappa shape index (κ2) is 13.5.